The van der Waals surface area contributed by atoms with E-state index in [1.54, 1.807) is 26.0 Å². The second-order valence-electron chi connectivity index (χ2n) is 6.88. The van der Waals surface area contributed by atoms with Crippen molar-refractivity contribution in [1.82, 2.24) is 0 Å². The molecule has 0 aliphatic rings. The van der Waals surface area contributed by atoms with Crippen LogP contribution in [0.2, 0.25) is 0 Å². The average Bonchev–Trinajstić information content (AvgIpc) is 2.84. The second kappa shape index (κ2) is 16.4. The van der Waals surface area contributed by atoms with Gasteiger partial charge in [0.05, 0.1) is 18.1 Å². The highest BCUT2D eigenvalue weighted by atomic mass is 32.2. The molecule has 0 radical (unpaired) electrons. The number of unbranched alkanes of at least 4 members (excludes halogenated alkanes) is 2. The van der Waals surface area contributed by atoms with Crippen LogP contribution in [0.25, 0.3) is 0 Å². The first-order valence-corrected chi connectivity index (χ1v) is 12.9. The van der Waals surface area contributed by atoms with Crippen LogP contribution in [0.4, 0.5) is 0 Å². The molecule has 2 aromatic carbocycles. The van der Waals surface area contributed by atoms with Gasteiger partial charge in [-0.2, -0.15) is 0 Å². The fourth-order valence-corrected chi connectivity index (χ4v) is 4.58. The van der Waals surface area contributed by atoms with Crippen molar-refractivity contribution in [3.63, 3.8) is 0 Å². The molecule has 1 unspecified atom stereocenters. The van der Waals surface area contributed by atoms with E-state index < -0.39 is 0 Å². The molecule has 4 heteroatoms. The van der Waals surface area contributed by atoms with Crippen LogP contribution >= 0.6 is 23.5 Å². The van der Waals surface area contributed by atoms with Gasteiger partial charge in [-0.15, -0.1) is 23.5 Å². The first-order valence-electron chi connectivity index (χ1n) is 10.9. The van der Waals surface area contributed by atoms with E-state index in [1.807, 2.05) is 36.0 Å². The number of rotatable bonds is 11. The van der Waals surface area contributed by atoms with Crippen molar-refractivity contribution in [2.45, 2.75) is 36.3 Å². The van der Waals surface area contributed by atoms with Crippen LogP contribution in [-0.2, 0) is 4.74 Å². The zero-order valence-electron chi connectivity index (χ0n) is 19.2. The fourth-order valence-electron chi connectivity index (χ4n) is 2.92. The molecule has 0 saturated carbocycles. The maximum Gasteiger partial charge on any atom is 0.118 e. The first kappa shape index (κ1) is 26.0. The van der Waals surface area contributed by atoms with Gasteiger partial charge >= 0.3 is 0 Å². The number of methoxy groups -OCH3 is 2. The second-order valence-corrected chi connectivity index (χ2v) is 9.31. The summed E-state index contributed by atoms with van der Waals surface area (Å²) >= 11 is 3.63. The highest BCUT2D eigenvalue weighted by Gasteiger charge is 2.15. The molecule has 1 atom stereocenters. The normalized spacial score (nSPS) is 11.7. The van der Waals surface area contributed by atoms with Gasteiger partial charge in [-0.25, -0.2) is 0 Å². The number of hydrogen-bond donors (Lipinski definition) is 0. The van der Waals surface area contributed by atoms with Gasteiger partial charge in [-0.05, 0) is 48.4 Å². The van der Waals surface area contributed by atoms with Crippen LogP contribution in [0.1, 0.15) is 37.0 Å². The Labute approximate surface area is 202 Å². The summed E-state index contributed by atoms with van der Waals surface area (Å²) in [7, 11) is 3.43. The Kier molecular flexibility index (Phi) is 13.3. The summed E-state index contributed by atoms with van der Waals surface area (Å²) < 4.78 is 10.5. The van der Waals surface area contributed by atoms with Crippen LogP contribution in [-0.4, -0.2) is 32.3 Å². The Hall–Kier alpha value is -2.24. The number of benzene rings is 2. The van der Waals surface area contributed by atoms with Gasteiger partial charge in [-0.3, -0.25) is 0 Å². The number of hydrogen-bond acceptors (Lipinski definition) is 4. The predicted molar refractivity (Wildman–Crippen MR) is 140 cm³/mol. The Morgan fingerprint density at radius 1 is 1.00 bits per heavy atom. The van der Waals surface area contributed by atoms with Gasteiger partial charge in [0.25, 0.3) is 0 Å². The van der Waals surface area contributed by atoms with E-state index in [0.29, 0.717) is 0 Å². The van der Waals surface area contributed by atoms with Gasteiger partial charge in [-0.1, -0.05) is 60.9 Å². The molecule has 0 aromatic heterocycles. The predicted octanol–water partition coefficient (Wildman–Crippen LogP) is 7.03. The van der Waals surface area contributed by atoms with E-state index in [-0.39, 0.29) is 5.25 Å². The molecule has 0 heterocycles. The van der Waals surface area contributed by atoms with Crippen LogP contribution < -0.4 is 4.74 Å². The minimum atomic E-state index is 0.161. The molecule has 0 saturated heterocycles. The maximum atomic E-state index is 5.33. The highest BCUT2D eigenvalue weighted by molar-refractivity contribution is 7.99. The van der Waals surface area contributed by atoms with Crippen molar-refractivity contribution in [3.05, 3.63) is 71.8 Å². The molecule has 0 fully saturated rings. The molecule has 32 heavy (non-hydrogen) atoms. The summed E-state index contributed by atoms with van der Waals surface area (Å²) in [6, 6.07) is 18.6. The number of thioether (sulfide) groups is 2. The minimum Gasteiger partial charge on any atom is -0.497 e. The number of ether oxygens (including phenoxy) is 2. The Morgan fingerprint density at radius 2 is 1.78 bits per heavy atom. The Balaban J connectivity index is 2.17. The summed E-state index contributed by atoms with van der Waals surface area (Å²) in [5, 5.41) is 0.161. The van der Waals surface area contributed by atoms with E-state index in [0.717, 1.165) is 48.7 Å². The van der Waals surface area contributed by atoms with E-state index in [4.69, 9.17) is 9.47 Å². The molecule has 168 valence electrons. The summed E-state index contributed by atoms with van der Waals surface area (Å²) in [5.74, 6) is 15.9. The van der Waals surface area contributed by atoms with Gasteiger partial charge in [0, 0.05) is 36.7 Å². The lowest BCUT2D eigenvalue weighted by atomic mass is 10.0. The maximum absolute atomic E-state index is 5.33. The molecule has 0 N–H and O–H groups in total. The van der Waals surface area contributed by atoms with Crippen molar-refractivity contribution >= 4 is 23.5 Å². The molecule has 0 spiro atoms. The topological polar surface area (TPSA) is 18.5 Å². The van der Waals surface area contributed by atoms with Crippen molar-refractivity contribution in [2.24, 2.45) is 0 Å². The molecular weight excluding hydrogens is 432 g/mol. The third-order valence-electron chi connectivity index (χ3n) is 4.55. The third-order valence-corrected chi connectivity index (χ3v) is 6.64. The van der Waals surface area contributed by atoms with Crippen LogP contribution in [0.5, 0.6) is 5.75 Å². The quantitative estimate of drug-likeness (QED) is 0.202. The van der Waals surface area contributed by atoms with E-state index in [2.05, 4.69) is 67.0 Å². The molecule has 2 nitrogen and oxygen atoms in total. The molecule has 0 aliphatic carbocycles. The lowest BCUT2D eigenvalue weighted by Gasteiger charge is -2.16. The van der Waals surface area contributed by atoms with E-state index >= 15 is 0 Å². The van der Waals surface area contributed by atoms with Gasteiger partial charge < -0.3 is 9.47 Å². The van der Waals surface area contributed by atoms with Crippen LogP contribution in [0.3, 0.4) is 0 Å². The summed E-state index contributed by atoms with van der Waals surface area (Å²) in [4.78, 5) is 1.24. The van der Waals surface area contributed by atoms with Crippen LogP contribution in [0, 0.1) is 23.7 Å². The van der Waals surface area contributed by atoms with Crippen molar-refractivity contribution in [1.29, 1.82) is 0 Å². The lowest BCUT2D eigenvalue weighted by Crippen LogP contribution is -1.99. The van der Waals surface area contributed by atoms with Crippen molar-refractivity contribution < 1.29 is 9.47 Å². The summed E-state index contributed by atoms with van der Waals surface area (Å²) in [6.07, 6.45) is 4.95. The van der Waals surface area contributed by atoms with Crippen molar-refractivity contribution in [2.75, 3.05) is 32.3 Å². The summed E-state index contributed by atoms with van der Waals surface area (Å²) in [6.45, 7) is 2.97. The third kappa shape index (κ3) is 9.92. The largest absolute Gasteiger partial charge is 0.497 e. The van der Waals surface area contributed by atoms with Gasteiger partial charge in [0.1, 0.15) is 5.75 Å². The zero-order valence-corrected chi connectivity index (χ0v) is 20.9. The monoisotopic (exact) mass is 464 g/mol. The van der Waals surface area contributed by atoms with E-state index in [1.165, 1.54) is 10.5 Å². The minimum absolute atomic E-state index is 0.161. The first-order chi connectivity index (χ1) is 15.8. The smallest absolute Gasteiger partial charge is 0.118 e. The van der Waals surface area contributed by atoms with Gasteiger partial charge in [0.15, 0.2) is 0 Å². The molecular formula is C28H32O2S2. The van der Waals surface area contributed by atoms with Gasteiger partial charge in [0.2, 0.25) is 0 Å². The molecule has 2 aromatic rings. The fraction of sp³-hybridized carbons (Fsp3) is 0.357. The van der Waals surface area contributed by atoms with E-state index in [9.17, 15) is 0 Å². The van der Waals surface area contributed by atoms with Crippen LogP contribution in [0.15, 0.2) is 71.1 Å². The molecule has 0 bridgehead atoms. The lowest BCUT2D eigenvalue weighted by molar-refractivity contribution is 0.193. The van der Waals surface area contributed by atoms with Crippen molar-refractivity contribution in [3.8, 4) is 29.4 Å². The SMILES string of the molecule is CCSC(/C(C#CCCCCOC)=C/C#CCSc1ccccc1)c1ccc(OC)cc1. The molecule has 2 rings (SSSR count). The average molecular weight is 465 g/mol. The summed E-state index contributed by atoms with van der Waals surface area (Å²) in [5.41, 5.74) is 2.28. The Bertz CT molecular complexity index is 929. The molecule has 0 aliphatic heterocycles. The standard InChI is InChI=1S/C28H32O2S2/c1-4-31-28(25-18-20-26(30-3)21-19-25)24(14-8-5-6-12-22-29-2)15-11-13-23-32-27-16-9-7-10-17-27/h7,9-10,15-21,28H,4-6,12,22-23H2,1-3H3/b24-15+. The number of allylic oxidation sites excluding steroid dienone is 1. The highest BCUT2D eigenvalue weighted by Crippen LogP contribution is 2.36. The molecule has 0 amide bonds. The zero-order chi connectivity index (χ0) is 22.9. The Morgan fingerprint density at radius 3 is 2.47 bits per heavy atom.